The van der Waals surface area contributed by atoms with Gasteiger partial charge in [0.2, 0.25) is 5.13 Å². The molecule has 6 nitrogen and oxygen atoms in total. The number of amides is 1. The van der Waals surface area contributed by atoms with Gasteiger partial charge in [-0.3, -0.25) is 4.79 Å². The smallest absolute Gasteiger partial charge is 0.254 e. The molecule has 0 aliphatic heterocycles. The van der Waals surface area contributed by atoms with Crippen LogP contribution in [0.3, 0.4) is 0 Å². The van der Waals surface area contributed by atoms with E-state index in [9.17, 15) is 4.79 Å². The Morgan fingerprint density at radius 3 is 2.68 bits per heavy atom. The van der Waals surface area contributed by atoms with E-state index in [4.69, 9.17) is 4.98 Å². The molecule has 0 bridgehead atoms. The van der Waals surface area contributed by atoms with E-state index >= 15 is 0 Å². The maximum atomic E-state index is 12.6. The van der Waals surface area contributed by atoms with Crippen LogP contribution in [0.15, 0.2) is 35.8 Å². The van der Waals surface area contributed by atoms with Crippen LogP contribution in [-0.4, -0.2) is 52.8 Å². The second-order valence-corrected chi connectivity index (χ2v) is 7.94. The third-order valence-electron chi connectivity index (χ3n) is 4.47. The van der Waals surface area contributed by atoms with Crippen LogP contribution in [0.4, 0.5) is 0 Å². The number of carbonyl (C=O) groups excluding carboxylic acids is 1. The summed E-state index contributed by atoms with van der Waals surface area (Å²) in [5.74, 6) is -0.0770. The zero-order chi connectivity index (χ0) is 20.1. The zero-order valence-corrected chi connectivity index (χ0v) is 17.7. The minimum Gasteiger partial charge on any atom is -0.351 e. The average molecular weight is 398 g/mol. The third-order valence-corrected chi connectivity index (χ3v) is 5.28. The molecular formula is C21H27N5OS. The third kappa shape index (κ3) is 4.66. The van der Waals surface area contributed by atoms with Crippen LogP contribution >= 0.6 is 11.3 Å². The van der Waals surface area contributed by atoms with Crippen LogP contribution in [-0.2, 0) is 6.42 Å². The largest absolute Gasteiger partial charge is 0.351 e. The van der Waals surface area contributed by atoms with E-state index in [1.54, 1.807) is 6.20 Å². The molecule has 2 heterocycles. The predicted octanol–water partition coefficient (Wildman–Crippen LogP) is 3.55. The Morgan fingerprint density at radius 2 is 2.00 bits per heavy atom. The number of hydrogen-bond donors (Lipinski definition) is 1. The molecule has 0 aliphatic carbocycles. The lowest BCUT2D eigenvalue weighted by Gasteiger charge is -2.11. The van der Waals surface area contributed by atoms with Crippen molar-refractivity contribution in [2.75, 3.05) is 27.2 Å². The highest BCUT2D eigenvalue weighted by Gasteiger charge is 2.19. The van der Waals surface area contributed by atoms with E-state index < -0.39 is 0 Å². The van der Waals surface area contributed by atoms with Crippen molar-refractivity contribution in [2.24, 2.45) is 0 Å². The molecule has 148 valence electrons. The van der Waals surface area contributed by atoms with E-state index in [1.165, 1.54) is 16.9 Å². The topological polar surface area (TPSA) is 63.1 Å². The summed E-state index contributed by atoms with van der Waals surface area (Å²) in [4.78, 5) is 19.4. The maximum absolute atomic E-state index is 12.6. The van der Waals surface area contributed by atoms with Crippen molar-refractivity contribution in [3.8, 4) is 16.4 Å². The van der Waals surface area contributed by atoms with Gasteiger partial charge in [0.05, 0.1) is 23.1 Å². The fourth-order valence-corrected chi connectivity index (χ4v) is 3.73. The predicted molar refractivity (Wildman–Crippen MR) is 114 cm³/mol. The number of thiazole rings is 1. The fraction of sp³-hybridized carbons (Fsp3) is 0.381. The summed E-state index contributed by atoms with van der Waals surface area (Å²) >= 11 is 1.54. The Bertz CT molecular complexity index is 927. The van der Waals surface area contributed by atoms with Gasteiger partial charge in [0.25, 0.3) is 5.91 Å². The van der Waals surface area contributed by atoms with E-state index in [-0.39, 0.29) is 5.91 Å². The van der Waals surface area contributed by atoms with Gasteiger partial charge in [0.1, 0.15) is 0 Å². The van der Waals surface area contributed by atoms with Crippen molar-refractivity contribution in [1.82, 2.24) is 25.0 Å². The van der Waals surface area contributed by atoms with Crippen molar-refractivity contribution in [3.05, 3.63) is 52.7 Å². The first kappa shape index (κ1) is 20.2. The molecule has 0 aliphatic rings. The summed E-state index contributed by atoms with van der Waals surface area (Å²) in [5.41, 5.74) is 4.78. The second-order valence-electron chi connectivity index (χ2n) is 7.11. The Balaban J connectivity index is 1.85. The number of nitrogens with one attached hydrogen (secondary N) is 1. The molecular weight excluding hydrogens is 370 g/mol. The molecule has 0 spiro atoms. The lowest BCUT2D eigenvalue weighted by molar-refractivity contribution is 0.0950. The van der Waals surface area contributed by atoms with E-state index in [2.05, 4.69) is 48.5 Å². The Morgan fingerprint density at radius 1 is 1.25 bits per heavy atom. The molecule has 0 saturated heterocycles. The van der Waals surface area contributed by atoms with E-state index in [1.807, 2.05) is 29.1 Å². The van der Waals surface area contributed by atoms with Gasteiger partial charge in [0.15, 0.2) is 0 Å². The summed E-state index contributed by atoms with van der Waals surface area (Å²) in [6.07, 6.45) is 3.36. The monoisotopic (exact) mass is 397 g/mol. The summed E-state index contributed by atoms with van der Waals surface area (Å²) < 4.78 is 1.81. The standard InChI is InChI=1S/C21H27N5OS/c1-5-6-19-17(20(27)22-11-12-25(3)4)13-23-26(19)21-24-18(14-28-21)16-9-7-15(2)8-10-16/h7-10,13-14H,5-6,11-12H2,1-4H3,(H,22,27). The summed E-state index contributed by atoms with van der Waals surface area (Å²) in [5, 5.41) is 10.3. The number of likely N-dealkylation sites (N-methyl/N-ethyl adjacent to an activating group) is 1. The molecule has 3 aromatic rings. The molecule has 0 unspecified atom stereocenters. The summed E-state index contributed by atoms with van der Waals surface area (Å²) in [7, 11) is 3.97. The Kier molecular flexibility index (Phi) is 6.59. The van der Waals surface area contributed by atoms with Gasteiger partial charge in [-0.15, -0.1) is 11.3 Å². The molecule has 3 rings (SSSR count). The Labute approximate surface area is 170 Å². The fourth-order valence-electron chi connectivity index (χ4n) is 2.91. The van der Waals surface area contributed by atoms with Crippen molar-refractivity contribution in [1.29, 1.82) is 0 Å². The van der Waals surface area contributed by atoms with Crippen molar-refractivity contribution in [3.63, 3.8) is 0 Å². The van der Waals surface area contributed by atoms with Gasteiger partial charge in [-0.25, -0.2) is 9.67 Å². The first-order chi connectivity index (χ1) is 13.5. The number of aromatic nitrogens is 3. The highest BCUT2D eigenvalue weighted by molar-refractivity contribution is 7.12. The highest BCUT2D eigenvalue weighted by Crippen LogP contribution is 2.26. The lowest BCUT2D eigenvalue weighted by Crippen LogP contribution is -2.31. The van der Waals surface area contributed by atoms with Crippen LogP contribution in [0.5, 0.6) is 0 Å². The van der Waals surface area contributed by atoms with Gasteiger partial charge in [0, 0.05) is 24.0 Å². The summed E-state index contributed by atoms with van der Waals surface area (Å²) in [6, 6.07) is 8.32. The van der Waals surface area contributed by atoms with Crippen molar-refractivity contribution >= 4 is 17.2 Å². The molecule has 0 saturated carbocycles. The molecule has 0 fully saturated rings. The molecule has 28 heavy (non-hydrogen) atoms. The molecule has 0 radical (unpaired) electrons. The maximum Gasteiger partial charge on any atom is 0.254 e. The van der Waals surface area contributed by atoms with Crippen molar-refractivity contribution < 1.29 is 4.79 Å². The first-order valence-electron chi connectivity index (χ1n) is 9.52. The van der Waals surface area contributed by atoms with Crippen LogP contribution in [0.25, 0.3) is 16.4 Å². The van der Waals surface area contributed by atoms with Crippen molar-refractivity contribution in [2.45, 2.75) is 26.7 Å². The van der Waals surface area contributed by atoms with E-state index in [0.29, 0.717) is 12.1 Å². The van der Waals surface area contributed by atoms with Gasteiger partial charge in [-0.05, 0) is 27.4 Å². The van der Waals surface area contributed by atoms with Crippen LogP contribution in [0.1, 0.15) is 35.0 Å². The number of benzene rings is 1. The summed E-state index contributed by atoms with van der Waals surface area (Å²) in [6.45, 7) is 5.58. The second kappa shape index (κ2) is 9.12. The molecule has 1 N–H and O–H groups in total. The molecule has 7 heteroatoms. The quantitative estimate of drug-likeness (QED) is 0.631. The van der Waals surface area contributed by atoms with Crippen LogP contribution < -0.4 is 5.32 Å². The normalized spacial score (nSPS) is 11.2. The number of hydrogen-bond acceptors (Lipinski definition) is 5. The van der Waals surface area contributed by atoms with Gasteiger partial charge in [-0.1, -0.05) is 43.2 Å². The molecule has 1 amide bonds. The lowest BCUT2D eigenvalue weighted by atomic mass is 10.1. The highest BCUT2D eigenvalue weighted by atomic mass is 32.1. The average Bonchev–Trinajstić information content (AvgIpc) is 3.29. The Hall–Kier alpha value is -2.51. The van der Waals surface area contributed by atoms with Crippen LogP contribution in [0, 0.1) is 6.92 Å². The minimum atomic E-state index is -0.0770. The van der Waals surface area contributed by atoms with E-state index in [0.717, 1.165) is 41.5 Å². The number of aryl methyl sites for hydroxylation is 1. The number of carbonyl (C=O) groups is 1. The minimum absolute atomic E-state index is 0.0770. The molecule has 0 atom stereocenters. The first-order valence-corrected chi connectivity index (χ1v) is 10.4. The molecule has 1 aromatic carbocycles. The molecule has 2 aromatic heterocycles. The zero-order valence-electron chi connectivity index (χ0n) is 16.9. The number of nitrogens with zero attached hydrogens (tertiary/aromatic N) is 4. The number of rotatable bonds is 8. The van der Waals surface area contributed by atoms with Crippen LogP contribution in [0.2, 0.25) is 0 Å². The van der Waals surface area contributed by atoms with Gasteiger partial charge >= 0.3 is 0 Å². The SMILES string of the molecule is CCCc1c(C(=O)NCCN(C)C)cnn1-c1nc(-c2ccc(C)cc2)cs1. The van der Waals surface area contributed by atoms with Gasteiger partial charge in [-0.2, -0.15) is 5.10 Å². The van der Waals surface area contributed by atoms with Gasteiger partial charge < -0.3 is 10.2 Å².